The van der Waals surface area contributed by atoms with Gasteiger partial charge in [0.1, 0.15) is 16.5 Å². The number of nitrogen functional groups attached to an aromatic ring is 1. The van der Waals surface area contributed by atoms with Crippen LogP contribution < -0.4 is 11.1 Å². The van der Waals surface area contributed by atoms with E-state index in [1.807, 2.05) is 0 Å². The Morgan fingerprint density at radius 2 is 2.30 bits per heavy atom. The van der Waals surface area contributed by atoms with Crippen molar-refractivity contribution in [3.8, 4) is 0 Å². The van der Waals surface area contributed by atoms with Crippen LogP contribution in [-0.4, -0.2) is 29.9 Å². The van der Waals surface area contributed by atoms with Gasteiger partial charge in [0.2, 0.25) is 0 Å². The number of halogens is 1. The van der Waals surface area contributed by atoms with Gasteiger partial charge >= 0.3 is 0 Å². The van der Waals surface area contributed by atoms with Crippen LogP contribution in [0.15, 0.2) is 24.3 Å². The molecule has 1 aromatic carbocycles. The summed E-state index contributed by atoms with van der Waals surface area (Å²) in [5.41, 5.74) is 6.45. The first kappa shape index (κ1) is 14.3. The highest BCUT2D eigenvalue weighted by molar-refractivity contribution is 7.18. The van der Waals surface area contributed by atoms with Crippen molar-refractivity contribution in [2.24, 2.45) is 0 Å². The van der Waals surface area contributed by atoms with Gasteiger partial charge in [-0.1, -0.05) is 23.5 Å². The Hall–Kier alpha value is -2.15. The summed E-state index contributed by atoms with van der Waals surface area (Å²) < 4.78 is 13.1. The molecule has 0 radical (unpaired) electrons. The molecule has 2 aromatic rings. The van der Waals surface area contributed by atoms with Crippen molar-refractivity contribution in [1.82, 2.24) is 9.88 Å². The Morgan fingerprint density at radius 1 is 1.55 bits per heavy atom. The summed E-state index contributed by atoms with van der Waals surface area (Å²) in [6, 6.07) is 6.15. The van der Waals surface area contributed by atoms with E-state index in [-0.39, 0.29) is 17.5 Å². The number of anilines is 2. The van der Waals surface area contributed by atoms with Crippen LogP contribution in [0.5, 0.6) is 0 Å². The zero-order valence-corrected chi connectivity index (χ0v) is 12.0. The minimum Gasteiger partial charge on any atom is -0.382 e. The van der Waals surface area contributed by atoms with Gasteiger partial charge in [-0.3, -0.25) is 4.79 Å². The predicted octanol–water partition coefficient (Wildman–Crippen LogP) is 2.18. The van der Waals surface area contributed by atoms with Crippen LogP contribution in [-0.2, 0) is 6.54 Å². The highest BCUT2D eigenvalue weighted by atomic mass is 32.1. The molecule has 0 unspecified atom stereocenters. The molecule has 0 bridgehead atoms. The van der Waals surface area contributed by atoms with Crippen molar-refractivity contribution < 1.29 is 9.18 Å². The van der Waals surface area contributed by atoms with Crippen LogP contribution in [0.25, 0.3) is 0 Å². The third-order valence-corrected chi connectivity index (χ3v) is 3.79. The largest absolute Gasteiger partial charge is 0.382 e. The number of carbonyl (C=O) groups excluding carboxylic acids is 1. The normalized spacial score (nSPS) is 10.3. The molecule has 0 fully saturated rings. The monoisotopic (exact) mass is 294 g/mol. The molecule has 0 aliphatic heterocycles. The second-order valence-corrected chi connectivity index (χ2v) is 5.27. The first-order valence-electron chi connectivity index (χ1n) is 5.95. The van der Waals surface area contributed by atoms with Crippen molar-refractivity contribution in [3.63, 3.8) is 0 Å². The highest BCUT2D eigenvalue weighted by Gasteiger charge is 2.19. The van der Waals surface area contributed by atoms with Crippen LogP contribution >= 0.6 is 11.3 Å². The van der Waals surface area contributed by atoms with Gasteiger partial charge in [-0.2, -0.15) is 0 Å². The molecule has 0 atom stereocenters. The third kappa shape index (κ3) is 3.05. The Bertz CT molecular complexity index is 629. The number of nitrogens with two attached hydrogens (primary N) is 1. The molecule has 0 aliphatic rings. The van der Waals surface area contributed by atoms with Crippen molar-refractivity contribution in [3.05, 3.63) is 40.5 Å². The molecule has 2 rings (SSSR count). The number of hydrogen-bond donors (Lipinski definition) is 2. The topological polar surface area (TPSA) is 71.2 Å². The summed E-state index contributed by atoms with van der Waals surface area (Å²) in [5.74, 6) is -0.348. The average molecular weight is 294 g/mol. The fraction of sp³-hybridized carbons (Fsp3) is 0.231. The van der Waals surface area contributed by atoms with E-state index >= 15 is 0 Å². The number of nitrogens with one attached hydrogen (secondary N) is 1. The predicted molar refractivity (Wildman–Crippen MR) is 78.3 cm³/mol. The molecule has 0 aliphatic carbocycles. The number of nitrogens with zero attached hydrogens (tertiary/aromatic N) is 2. The number of benzene rings is 1. The van der Waals surface area contributed by atoms with Crippen LogP contribution in [0.3, 0.4) is 0 Å². The van der Waals surface area contributed by atoms with Gasteiger partial charge in [-0.15, -0.1) is 0 Å². The van der Waals surface area contributed by atoms with E-state index in [1.165, 1.54) is 28.4 Å². The van der Waals surface area contributed by atoms with Gasteiger partial charge in [0.25, 0.3) is 5.91 Å². The molecule has 1 heterocycles. The second kappa shape index (κ2) is 5.87. The average Bonchev–Trinajstić information content (AvgIpc) is 2.79. The Labute approximate surface area is 120 Å². The molecule has 7 heteroatoms. The SMILES string of the molecule is CNc1nc(N)c(C(=O)N(C)Cc2cccc(F)c2)s1. The van der Waals surface area contributed by atoms with Crippen LogP contribution in [0.1, 0.15) is 15.2 Å². The molecule has 106 valence electrons. The van der Waals surface area contributed by atoms with Gasteiger partial charge in [0, 0.05) is 20.6 Å². The number of aromatic nitrogens is 1. The maximum absolute atomic E-state index is 13.1. The number of rotatable bonds is 4. The van der Waals surface area contributed by atoms with Crippen molar-refractivity contribution in [1.29, 1.82) is 0 Å². The molecule has 0 saturated heterocycles. The van der Waals surface area contributed by atoms with E-state index in [9.17, 15) is 9.18 Å². The van der Waals surface area contributed by atoms with Gasteiger partial charge in [0.05, 0.1) is 0 Å². The van der Waals surface area contributed by atoms with E-state index < -0.39 is 0 Å². The quantitative estimate of drug-likeness (QED) is 0.906. The standard InChI is InChI=1S/C13H15FN4OS/c1-16-13-17-11(15)10(20-13)12(19)18(2)7-8-4-3-5-9(14)6-8/h3-6H,7,15H2,1-2H3,(H,16,17). The second-order valence-electron chi connectivity index (χ2n) is 4.27. The fourth-order valence-electron chi connectivity index (χ4n) is 1.75. The Kier molecular flexibility index (Phi) is 4.19. The fourth-order valence-corrected chi connectivity index (χ4v) is 2.58. The highest BCUT2D eigenvalue weighted by Crippen LogP contribution is 2.26. The third-order valence-electron chi connectivity index (χ3n) is 2.72. The van der Waals surface area contributed by atoms with E-state index in [1.54, 1.807) is 26.2 Å². The summed E-state index contributed by atoms with van der Waals surface area (Å²) in [7, 11) is 3.36. The molecule has 20 heavy (non-hydrogen) atoms. The van der Waals surface area contributed by atoms with Crippen LogP contribution in [0.4, 0.5) is 15.3 Å². The lowest BCUT2D eigenvalue weighted by atomic mass is 10.2. The summed E-state index contributed by atoms with van der Waals surface area (Å²) in [4.78, 5) is 18.2. The number of thiazole rings is 1. The summed E-state index contributed by atoms with van der Waals surface area (Å²) in [6.07, 6.45) is 0. The lowest BCUT2D eigenvalue weighted by molar-refractivity contribution is 0.0790. The number of hydrogen-bond acceptors (Lipinski definition) is 5. The number of carbonyl (C=O) groups is 1. The molecular formula is C13H15FN4OS. The van der Waals surface area contributed by atoms with Crippen LogP contribution in [0.2, 0.25) is 0 Å². The van der Waals surface area contributed by atoms with E-state index in [0.29, 0.717) is 16.6 Å². The van der Waals surface area contributed by atoms with Gasteiger partial charge in [0.15, 0.2) is 5.13 Å². The van der Waals surface area contributed by atoms with Crippen molar-refractivity contribution >= 4 is 28.2 Å². The van der Waals surface area contributed by atoms with E-state index in [4.69, 9.17) is 5.73 Å². The van der Waals surface area contributed by atoms with E-state index in [0.717, 1.165) is 5.56 Å². The first-order chi connectivity index (χ1) is 9.51. The number of amides is 1. The molecule has 3 N–H and O–H groups in total. The molecule has 0 spiro atoms. The smallest absolute Gasteiger partial charge is 0.267 e. The molecule has 0 saturated carbocycles. The zero-order chi connectivity index (χ0) is 14.7. The van der Waals surface area contributed by atoms with E-state index in [2.05, 4.69) is 10.3 Å². The maximum Gasteiger partial charge on any atom is 0.267 e. The molecule has 1 aromatic heterocycles. The van der Waals surface area contributed by atoms with Crippen molar-refractivity contribution in [2.75, 3.05) is 25.1 Å². The molecule has 1 amide bonds. The lowest BCUT2D eigenvalue weighted by Crippen LogP contribution is -2.26. The first-order valence-corrected chi connectivity index (χ1v) is 6.77. The maximum atomic E-state index is 13.1. The zero-order valence-electron chi connectivity index (χ0n) is 11.2. The van der Waals surface area contributed by atoms with Crippen molar-refractivity contribution in [2.45, 2.75) is 6.54 Å². The van der Waals surface area contributed by atoms with Gasteiger partial charge in [-0.05, 0) is 17.7 Å². The summed E-state index contributed by atoms with van der Waals surface area (Å²) in [5, 5.41) is 3.43. The summed E-state index contributed by atoms with van der Waals surface area (Å²) >= 11 is 1.20. The Balaban J connectivity index is 2.14. The van der Waals surface area contributed by atoms with Gasteiger partial charge < -0.3 is 16.0 Å². The minimum atomic E-state index is -0.321. The van der Waals surface area contributed by atoms with Crippen LogP contribution in [0, 0.1) is 5.82 Å². The molecule has 5 nitrogen and oxygen atoms in total. The lowest BCUT2D eigenvalue weighted by Gasteiger charge is -2.16. The minimum absolute atomic E-state index is 0.204. The van der Waals surface area contributed by atoms with Gasteiger partial charge in [-0.25, -0.2) is 9.37 Å². The summed E-state index contributed by atoms with van der Waals surface area (Å²) in [6.45, 7) is 0.308. The molecular weight excluding hydrogens is 279 g/mol. The Morgan fingerprint density at radius 3 is 2.90 bits per heavy atom.